The van der Waals surface area contributed by atoms with Crippen LogP contribution in [-0.4, -0.2) is 115 Å². The maximum atomic E-state index is 14.6. The van der Waals surface area contributed by atoms with Gasteiger partial charge in [0.25, 0.3) is 0 Å². The molecule has 0 aliphatic carbocycles. The summed E-state index contributed by atoms with van der Waals surface area (Å²) in [6.07, 6.45) is -6.84. The molecule has 0 saturated carbocycles. The molecule has 0 aliphatic heterocycles. The molecule has 0 bridgehead atoms. The third-order valence-electron chi connectivity index (χ3n) is 7.00. The fraction of sp³-hybridized carbons (Fsp3) is 0.885. The van der Waals surface area contributed by atoms with Gasteiger partial charge in [-0.1, -0.05) is 31.8 Å². The van der Waals surface area contributed by atoms with Gasteiger partial charge >= 0.3 is 47.6 Å². The Bertz CT molecular complexity index is 1030. The molecule has 0 spiro atoms. The highest BCUT2D eigenvalue weighted by Crippen LogP contribution is 2.64. The van der Waals surface area contributed by atoms with Gasteiger partial charge in [0.2, 0.25) is 5.91 Å². The first-order chi connectivity index (χ1) is 20.7. The van der Waals surface area contributed by atoms with Crippen LogP contribution in [0, 0.1) is 0 Å². The molecule has 0 heterocycles. The average Bonchev–Trinajstić information content (AvgIpc) is 2.90. The fourth-order valence-corrected chi connectivity index (χ4v) is 3.88. The van der Waals surface area contributed by atoms with E-state index >= 15 is 0 Å². The van der Waals surface area contributed by atoms with E-state index in [1.165, 1.54) is 21.1 Å². The minimum Gasteiger partial charge on any atom is -1.00 e. The average molecular weight is 858 g/mol. The highest BCUT2D eigenvalue weighted by Gasteiger charge is 2.95. The van der Waals surface area contributed by atoms with Gasteiger partial charge in [-0.3, -0.25) is 4.79 Å². The zero-order chi connectivity index (χ0) is 37.7. The number of rotatable bonds is 21. The zero-order valence-electron chi connectivity index (χ0n) is 25.7. The van der Waals surface area contributed by atoms with Crippen LogP contribution in [0.1, 0.15) is 51.4 Å². The quantitative estimate of drug-likeness (QED) is 0.0568. The molecule has 4 nitrogen and oxygen atoms in total. The number of halogens is 18. The second-order valence-corrected chi connectivity index (χ2v) is 11.9. The molecular weight excluding hydrogens is 822 g/mol. The van der Waals surface area contributed by atoms with Crippen molar-refractivity contribution in [3.8, 4) is 0 Å². The molecular formula is C26H36F17IN2O2. The number of alkyl halides is 17. The van der Waals surface area contributed by atoms with Gasteiger partial charge in [-0.15, -0.1) is 6.58 Å². The van der Waals surface area contributed by atoms with E-state index in [1.807, 2.05) is 0 Å². The number of unbranched alkanes of at least 4 members (excludes halogenated alkanes) is 6. The number of nitrogens with zero attached hydrogens (tertiary/aromatic N) is 2. The van der Waals surface area contributed by atoms with Crippen molar-refractivity contribution in [2.24, 2.45) is 0 Å². The maximum Gasteiger partial charge on any atom is 0.460 e. The lowest BCUT2D eigenvalue weighted by Crippen LogP contribution is -3.00. The van der Waals surface area contributed by atoms with Crippen molar-refractivity contribution in [1.82, 2.24) is 4.90 Å². The number of aliphatic hydroxyl groups excluding tert-OH is 1. The molecule has 0 rings (SSSR count). The largest absolute Gasteiger partial charge is 1.00 e. The molecule has 0 aromatic rings. The second kappa shape index (κ2) is 16.8. The maximum absolute atomic E-state index is 14.6. The van der Waals surface area contributed by atoms with Crippen LogP contribution < -0.4 is 24.0 Å². The van der Waals surface area contributed by atoms with Crippen LogP contribution in [0.25, 0.3) is 0 Å². The van der Waals surface area contributed by atoms with Crippen LogP contribution in [0.5, 0.6) is 0 Å². The highest BCUT2D eigenvalue weighted by molar-refractivity contribution is 5.76. The summed E-state index contributed by atoms with van der Waals surface area (Å²) in [4.78, 5) is 12.9. The molecule has 1 unspecified atom stereocenters. The number of quaternary nitrogens is 1. The molecule has 48 heavy (non-hydrogen) atoms. The Morgan fingerprint density at radius 3 is 1.44 bits per heavy atom. The zero-order valence-corrected chi connectivity index (χ0v) is 27.9. The highest BCUT2D eigenvalue weighted by atomic mass is 127. The summed E-state index contributed by atoms with van der Waals surface area (Å²) >= 11 is 0. The van der Waals surface area contributed by atoms with Crippen molar-refractivity contribution < 1.29 is 113 Å². The molecule has 0 aliphatic rings. The smallest absolute Gasteiger partial charge is 0.460 e. The first-order valence-corrected chi connectivity index (χ1v) is 13.8. The van der Waals surface area contributed by atoms with Crippen molar-refractivity contribution in [3.63, 3.8) is 0 Å². The summed E-state index contributed by atoms with van der Waals surface area (Å²) in [6.45, 7) is 0.656. The van der Waals surface area contributed by atoms with Gasteiger partial charge in [0.15, 0.2) is 0 Å². The van der Waals surface area contributed by atoms with E-state index in [0.29, 0.717) is 19.3 Å². The number of carbonyl (C=O) groups is 1. The Labute approximate surface area is 282 Å². The van der Waals surface area contributed by atoms with E-state index in [9.17, 15) is 84.5 Å². The number of allylic oxidation sites excluding steroid dienone is 1. The Kier molecular flexibility index (Phi) is 17.1. The van der Waals surface area contributed by atoms with Crippen LogP contribution >= 0.6 is 0 Å². The molecule has 0 aromatic heterocycles. The molecule has 0 fully saturated rings. The van der Waals surface area contributed by atoms with E-state index in [1.54, 1.807) is 6.08 Å². The minimum atomic E-state index is -8.76. The van der Waals surface area contributed by atoms with E-state index in [0.717, 1.165) is 19.3 Å². The Morgan fingerprint density at radius 1 is 0.667 bits per heavy atom. The Hall–Kier alpha value is -1.33. The predicted molar refractivity (Wildman–Crippen MR) is 133 cm³/mol. The normalized spacial score (nSPS) is 15.2. The van der Waals surface area contributed by atoms with Crippen LogP contribution in [0.15, 0.2) is 12.7 Å². The molecule has 1 atom stereocenters. The molecule has 0 aromatic carbocycles. The Morgan fingerprint density at radius 2 is 1.04 bits per heavy atom. The van der Waals surface area contributed by atoms with Gasteiger partial charge in [-0.2, -0.15) is 74.6 Å². The third-order valence-corrected chi connectivity index (χ3v) is 7.00. The SMILES string of the molecule is C=CCCCCCCCCC(=O)N(CC[N+](C)(C)C)CC(O)C(F)(F)C(F)(F)C(F)(F)C(F)(F)C(F)(F)C(F)(F)C(F)(F)C(F)(F)F.[I-]. The van der Waals surface area contributed by atoms with Crippen LogP contribution in [-0.2, 0) is 4.79 Å². The van der Waals surface area contributed by atoms with Gasteiger partial charge in [0.1, 0.15) is 6.10 Å². The summed E-state index contributed by atoms with van der Waals surface area (Å²) in [7, 11) is 4.40. The summed E-state index contributed by atoms with van der Waals surface area (Å²) in [5, 5.41) is 9.78. The van der Waals surface area contributed by atoms with Gasteiger partial charge < -0.3 is 38.5 Å². The van der Waals surface area contributed by atoms with E-state index in [-0.39, 0.29) is 46.3 Å². The minimum absolute atomic E-state index is 0. The first kappa shape index (κ1) is 48.8. The van der Waals surface area contributed by atoms with Crippen molar-refractivity contribution in [2.75, 3.05) is 40.8 Å². The number of carbonyl (C=O) groups excluding carboxylic acids is 1. The number of hydrogen-bond donors (Lipinski definition) is 1. The van der Waals surface area contributed by atoms with Gasteiger partial charge in [0.05, 0.1) is 40.8 Å². The summed E-state index contributed by atoms with van der Waals surface area (Å²) in [6, 6.07) is 0. The van der Waals surface area contributed by atoms with Crippen molar-refractivity contribution >= 4 is 5.91 Å². The lowest BCUT2D eigenvalue weighted by Gasteiger charge is -2.43. The third kappa shape index (κ3) is 10.1. The van der Waals surface area contributed by atoms with Gasteiger partial charge in [-0.25, -0.2) is 0 Å². The van der Waals surface area contributed by atoms with Crippen molar-refractivity contribution in [3.05, 3.63) is 12.7 Å². The molecule has 1 amide bonds. The lowest BCUT2D eigenvalue weighted by molar-refractivity contribution is -0.869. The molecule has 1 N–H and O–H groups in total. The van der Waals surface area contributed by atoms with E-state index in [4.69, 9.17) is 0 Å². The van der Waals surface area contributed by atoms with Crippen LogP contribution in [0.4, 0.5) is 74.6 Å². The van der Waals surface area contributed by atoms with Gasteiger partial charge in [0, 0.05) is 6.42 Å². The van der Waals surface area contributed by atoms with Crippen LogP contribution in [0.2, 0.25) is 0 Å². The standard InChI is InChI=1S/C26H36F17N2O2.HI/c1-5-6-7-8-9-10-11-12-13-18(47)44(14-15-45(2,3)4)16-17(46)19(27,28)20(29,30)21(31,32)22(33,34)23(35,36)24(37,38)25(39,40)26(41,42)43;/h5,17,46H,1,6-16H2,2-4H3;1H/q+1;/p-1. The summed E-state index contributed by atoms with van der Waals surface area (Å²) in [5.74, 6) is -59.1. The fourth-order valence-electron chi connectivity index (χ4n) is 3.88. The first-order valence-electron chi connectivity index (χ1n) is 13.8. The molecule has 22 heteroatoms. The summed E-state index contributed by atoms with van der Waals surface area (Å²) < 4.78 is 231. The van der Waals surface area contributed by atoms with Crippen molar-refractivity contribution in [2.45, 2.75) is 105 Å². The number of hydrogen-bond acceptors (Lipinski definition) is 2. The van der Waals surface area contributed by atoms with Crippen LogP contribution in [0.3, 0.4) is 0 Å². The second-order valence-electron chi connectivity index (χ2n) is 11.9. The molecule has 288 valence electrons. The van der Waals surface area contributed by atoms with Crippen molar-refractivity contribution in [1.29, 1.82) is 0 Å². The number of likely N-dealkylation sites (N-methyl/N-ethyl adjacent to an activating group) is 1. The van der Waals surface area contributed by atoms with E-state index in [2.05, 4.69) is 6.58 Å². The lowest BCUT2D eigenvalue weighted by atomic mass is 9.87. The number of aliphatic hydroxyl groups is 1. The summed E-state index contributed by atoms with van der Waals surface area (Å²) in [5.41, 5.74) is 0. The molecule has 0 saturated heterocycles. The van der Waals surface area contributed by atoms with E-state index < -0.39 is 79.2 Å². The van der Waals surface area contributed by atoms with Gasteiger partial charge in [-0.05, 0) is 19.3 Å². The monoisotopic (exact) mass is 858 g/mol. The topological polar surface area (TPSA) is 40.5 Å². The Balaban J connectivity index is 0. The molecule has 0 radical (unpaired) electrons. The predicted octanol–water partition coefficient (Wildman–Crippen LogP) is 5.20. The number of amides is 1.